The Morgan fingerprint density at radius 2 is 1.43 bits per heavy atom. The fraction of sp³-hybridized carbons (Fsp3) is 0.259. The van der Waals surface area contributed by atoms with Crippen molar-refractivity contribution in [3.8, 4) is 0 Å². The highest BCUT2D eigenvalue weighted by molar-refractivity contribution is 7.92. The molecule has 3 aromatic carbocycles. The highest BCUT2D eigenvalue weighted by atomic mass is 32.2. The Balaban J connectivity index is 1.15. The Kier molecular flexibility index (Phi) is 6.40. The van der Waals surface area contributed by atoms with E-state index in [1.165, 1.54) is 10.5 Å². The topological polar surface area (TPSA) is 86.8 Å². The van der Waals surface area contributed by atoms with E-state index in [9.17, 15) is 18.0 Å². The van der Waals surface area contributed by atoms with Crippen molar-refractivity contribution in [2.45, 2.75) is 30.7 Å². The largest absolute Gasteiger partial charge is 0.299 e. The van der Waals surface area contributed by atoms with Gasteiger partial charge in [-0.15, -0.1) is 0 Å². The number of fused-ring (bicyclic) bond motifs is 2. The van der Waals surface area contributed by atoms with Crippen molar-refractivity contribution in [3.05, 3.63) is 95.1 Å². The van der Waals surface area contributed by atoms with Crippen LogP contribution in [0, 0.1) is 0 Å². The third-order valence-corrected chi connectivity index (χ3v) is 7.98. The lowest BCUT2D eigenvalue weighted by atomic mass is 9.99. The van der Waals surface area contributed by atoms with Gasteiger partial charge in [-0.25, -0.2) is 8.42 Å². The summed E-state index contributed by atoms with van der Waals surface area (Å²) in [5.74, 6) is -0.411. The van der Waals surface area contributed by atoms with Gasteiger partial charge in [-0.3, -0.25) is 24.1 Å². The van der Waals surface area contributed by atoms with Crippen molar-refractivity contribution in [2.75, 3.05) is 24.4 Å². The molecule has 0 aromatic heterocycles. The van der Waals surface area contributed by atoms with Gasteiger partial charge in [0, 0.05) is 25.3 Å². The molecule has 0 bridgehead atoms. The fourth-order valence-electron chi connectivity index (χ4n) is 4.73. The number of unbranched alkanes of at least 4 members (excludes halogenated alkanes) is 1. The van der Waals surface area contributed by atoms with Gasteiger partial charge in [0.15, 0.2) is 0 Å². The molecule has 0 radical (unpaired) electrons. The minimum absolute atomic E-state index is 0.206. The van der Waals surface area contributed by atoms with E-state index in [0.29, 0.717) is 23.4 Å². The summed E-state index contributed by atoms with van der Waals surface area (Å²) in [6, 6.07) is 21.0. The molecule has 0 fully saturated rings. The van der Waals surface area contributed by atoms with E-state index in [-0.39, 0.29) is 16.7 Å². The smallest absolute Gasteiger partial charge is 0.261 e. The Hall–Kier alpha value is -3.49. The molecule has 8 heteroatoms. The van der Waals surface area contributed by atoms with Crippen molar-refractivity contribution in [1.29, 1.82) is 0 Å². The Morgan fingerprint density at radius 1 is 0.771 bits per heavy atom. The van der Waals surface area contributed by atoms with Crippen molar-refractivity contribution in [3.63, 3.8) is 0 Å². The number of nitrogens with one attached hydrogen (secondary N) is 1. The first-order chi connectivity index (χ1) is 16.9. The molecule has 0 saturated carbocycles. The van der Waals surface area contributed by atoms with E-state index >= 15 is 0 Å². The van der Waals surface area contributed by atoms with Crippen molar-refractivity contribution in [1.82, 2.24) is 9.80 Å². The lowest BCUT2D eigenvalue weighted by molar-refractivity contribution is 0.0650. The molecule has 5 rings (SSSR count). The normalized spacial score (nSPS) is 15.7. The number of imide groups is 1. The molecular formula is C27H27N3O4S. The van der Waals surface area contributed by atoms with Gasteiger partial charge >= 0.3 is 0 Å². The van der Waals surface area contributed by atoms with Gasteiger partial charge in [0.2, 0.25) is 0 Å². The highest BCUT2D eigenvalue weighted by Gasteiger charge is 2.34. The zero-order valence-corrected chi connectivity index (χ0v) is 20.1. The molecule has 0 aliphatic carbocycles. The van der Waals surface area contributed by atoms with E-state index in [0.717, 1.165) is 44.5 Å². The average Bonchev–Trinajstić information content (AvgIpc) is 3.11. The zero-order valence-electron chi connectivity index (χ0n) is 19.3. The average molecular weight is 490 g/mol. The van der Waals surface area contributed by atoms with Crippen LogP contribution in [0.4, 0.5) is 5.69 Å². The van der Waals surface area contributed by atoms with E-state index in [1.54, 1.807) is 54.6 Å². The van der Waals surface area contributed by atoms with Crippen molar-refractivity contribution >= 4 is 27.5 Å². The number of carbonyl (C=O) groups excluding carboxylic acids is 2. The summed E-state index contributed by atoms with van der Waals surface area (Å²) in [5, 5.41) is 0. The van der Waals surface area contributed by atoms with Crippen molar-refractivity contribution < 1.29 is 18.0 Å². The van der Waals surface area contributed by atoms with Crippen LogP contribution < -0.4 is 4.72 Å². The third kappa shape index (κ3) is 4.85. The number of benzene rings is 3. The van der Waals surface area contributed by atoms with Gasteiger partial charge in [-0.2, -0.15) is 0 Å². The Morgan fingerprint density at radius 3 is 2.14 bits per heavy atom. The molecule has 2 amide bonds. The monoisotopic (exact) mass is 489 g/mol. The summed E-state index contributed by atoms with van der Waals surface area (Å²) >= 11 is 0. The molecule has 0 unspecified atom stereocenters. The molecule has 2 aliphatic heterocycles. The van der Waals surface area contributed by atoms with Crippen LogP contribution in [0.1, 0.15) is 44.7 Å². The number of anilines is 1. The second-order valence-corrected chi connectivity index (χ2v) is 10.6. The number of carbonyl (C=O) groups is 2. The van der Waals surface area contributed by atoms with Gasteiger partial charge < -0.3 is 0 Å². The maximum absolute atomic E-state index is 12.7. The lowest BCUT2D eigenvalue weighted by Crippen LogP contribution is -2.33. The van der Waals surface area contributed by atoms with Crippen LogP contribution >= 0.6 is 0 Å². The molecule has 2 aliphatic rings. The minimum Gasteiger partial charge on any atom is -0.299 e. The molecule has 0 saturated heterocycles. The Bertz CT molecular complexity index is 1340. The number of hydrogen-bond acceptors (Lipinski definition) is 5. The first-order valence-electron chi connectivity index (χ1n) is 11.8. The zero-order chi connectivity index (χ0) is 24.4. The predicted octanol–water partition coefficient (Wildman–Crippen LogP) is 3.92. The number of rotatable bonds is 8. The van der Waals surface area contributed by atoms with Crippen LogP contribution in [0.2, 0.25) is 0 Å². The first kappa shape index (κ1) is 23.3. The lowest BCUT2D eigenvalue weighted by Gasteiger charge is -2.29. The summed E-state index contributed by atoms with van der Waals surface area (Å²) in [7, 11) is -3.63. The third-order valence-electron chi connectivity index (χ3n) is 6.59. The second-order valence-electron chi connectivity index (χ2n) is 8.94. The van der Waals surface area contributed by atoms with E-state index in [4.69, 9.17) is 0 Å². The van der Waals surface area contributed by atoms with E-state index < -0.39 is 10.0 Å². The molecule has 1 N–H and O–H groups in total. The molecule has 35 heavy (non-hydrogen) atoms. The van der Waals surface area contributed by atoms with Gasteiger partial charge in [-0.05, 0) is 73.3 Å². The number of amides is 2. The van der Waals surface area contributed by atoms with Crippen molar-refractivity contribution in [2.24, 2.45) is 0 Å². The van der Waals surface area contributed by atoms with Crippen LogP contribution in [0.25, 0.3) is 0 Å². The fourth-order valence-corrected chi connectivity index (χ4v) is 5.80. The molecule has 180 valence electrons. The van der Waals surface area contributed by atoms with Gasteiger partial charge in [0.25, 0.3) is 21.8 Å². The number of sulfonamides is 1. The molecular weight excluding hydrogens is 462 g/mol. The Labute approximate surface area is 205 Å². The van der Waals surface area contributed by atoms with Gasteiger partial charge in [-0.1, -0.05) is 36.4 Å². The maximum atomic E-state index is 12.7. The predicted molar refractivity (Wildman–Crippen MR) is 134 cm³/mol. The number of hydrogen-bond donors (Lipinski definition) is 1. The summed E-state index contributed by atoms with van der Waals surface area (Å²) in [6.45, 7) is 2.93. The molecule has 0 spiro atoms. The first-order valence-corrected chi connectivity index (χ1v) is 13.3. The highest BCUT2D eigenvalue weighted by Crippen LogP contribution is 2.26. The second kappa shape index (κ2) is 9.64. The van der Waals surface area contributed by atoms with E-state index in [2.05, 4.69) is 9.62 Å². The minimum atomic E-state index is -3.63. The standard InChI is InChI=1S/C27H27N3O4S/c31-26-24-10-4-5-11-25(24)27(32)30(26)16-7-6-15-29-17-14-20-12-13-22(18-21(20)19-29)28-35(33,34)23-8-2-1-3-9-23/h1-5,8-13,18,28H,6-7,14-17,19H2. The maximum Gasteiger partial charge on any atom is 0.261 e. The van der Waals surface area contributed by atoms with Crippen LogP contribution in [-0.2, 0) is 23.0 Å². The van der Waals surface area contributed by atoms with Crippen LogP contribution in [0.3, 0.4) is 0 Å². The van der Waals surface area contributed by atoms with Crippen LogP contribution in [-0.4, -0.2) is 49.7 Å². The quantitative estimate of drug-likeness (QED) is 0.383. The van der Waals surface area contributed by atoms with Crippen LogP contribution in [0.5, 0.6) is 0 Å². The summed E-state index contributed by atoms with van der Waals surface area (Å²) in [6.07, 6.45) is 2.51. The van der Waals surface area contributed by atoms with Gasteiger partial charge in [0.05, 0.1) is 16.0 Å². The molecule has 3 aromatic rings. The number of nitrogens with zero attached hydrogens (tertiary/aromatic N) is 2. The molecule has 2 heterocycles. The van der Waals surface area contributed by atoms with Gasteiger partial charge in [0.1, 0.15) is 0 Å². The summed E-state index contributed by atoms with van der Waals surface area (Å²) in [4.78, 5) is 28.9. The van der Waals surface area contributed by atoms with E-state index in [1.807, 2.05) is 18.2 Å². The summed E-state index contributed by atoms with van der Waals surface area (Å²) < 4.78 is 28.0. The molecule has 7 nitrogen and oxygen atoms in total. The van der Waals surface area contributed by atoms with Crippen LogP contribution in [0.15, 0.2) is 77.7 Å². The molecule has 0 atom stereocenters. The summed E-state index contributed by atoms with van der Waals surface area (Å²) in [5.41, 5.74) is 3.88. The SMILES string of the molecule is O=C1c2ccccc2C(=O)N1CCCCN1CCc2ccc(NS(=O)(=O)c3ccccc3)cc2C1.